The van der Waals surface area contributed by atoms with Crippen LogP contribution in [-0.2, 0) is 9.59 Å². The normalized spacial score (nSPS) is 33.7. The summed E-state index contributed by atoms with van der Waals surface area (Å²) in [6.07, 6.45) is 5.62. The van der Waals surface area contributed by atoms with Crippen LogP contribution in [0.25, 0.3) is 0 Å². The third-order valence-electron chi connectivity index (χ3n) is 4.91. The van der Waals surface area contributed by atoms with Crippen molar-refractivity contribution >= 4 is 11.8 Å². The van der Waals surface area contributed by atoms with Crippen LogP contribution in [0.3, 0.4) is 0 Å². The minimum absolute atomic E-state index is 0.0915. The average molecular weight is 266 g/mol. The minimum atomic E-state index is -0.0915. The maximum atomic E-state index is 12.5. The lowest BCUT2D eigenvalue weighted by molar-refractivity contribution is -0.150. The molecular formula is C15H26N2O2. The predicted octanol–water partition coefficient (Wildman–Crippen LogP) is 1.61. The highest BCUT2D eigenvalue weighted by molar-refractivity contribution is 5.88. The molecule has 4 heteroatoms. The Labute approximate surface area is 116 Å². The highest BCUT2D eigenvalue weighted by Crippen LogP contribution is 2.47. The molecule has 3 aliphatic carbocycles. The predicted molar refractivity (Wildman–Crippen MR) is 74.4 cm³/mol. The molecule has 0 heterocycles. The van der Waals surface area contributed by atoms with Crippen molar-refractivity contribution in [2.24, 2.45) is 23.7 Å². The second kappa shape index (κ2) is 5.51. The number of rotatable bonds is 2. The lowest BCUT2D eigenvalue weighted by Gasteiger charge is -2.40. The molecule has 2 bridgehead atoms. The van der Waals surface area contributed by atoms with Crippen molar-refractivity contribution in [3.63, 3.8) is 0 Å². The Balaban J connectivity index is 2.33. The minimum Gasteiger partial charge on any atom is -0.349 e. The SMILES string of the molecule is CN(C)C(=O)[C@@H]1[C@H]2CCC[C@H](CC2)[C@@H]1C(=O)N(C)C. The topological polar surface area (TPSA) is 40.6 Å². The Kier molecular flexibility index (Phi) is 4.16. The van der Waals surface area contributed by atoms with Gasteiger partial charge in [-0.2, -0.15) is 0 Å². The van der Waals surface area contributed by atoms with E-state index in [4.69, 9.17) is 0 Å². The molecule has 0 aliphatic heterocycles. The first-order valence-corrected chi connectivity index (χ1v) is 7.35. The molecule has 2 amide bonds. The van der Waals surface area contributed by atoms with Crippen LogP contribution in [0.15, 0.2) is 0 Å². The Bertz CT molecular complexity index is 327. The van der Waals surface area contributed by atoms with E-state index in [1.165, 1.54) is 6.42 Å². The smallest absolute Gasteiger partial charge is 0.226 e. The van der Waals surface area contributed by atoms with Crippen LogP contribution >= 0.6 is 0 Å². The van der Waals surface area contributed by atoms with Crippen molar-refractivity contribution in [1.29, 1.82) is 0 Å². The molecule has 0 N–H and O–H groups in total. The fourth-order valence-corrected chi connectivity index (χ4v) is 3.97. The van der Waals surface area contributed by atoms with Gasteiger partial charge in [-0.25, -0.2) is 0 Å². The molecule has 4 nitrogen and oxygen atoms in total. The van der Waals surface area contributed by atoms with E-state index in [-0.39, 0.29) is 23.7 Å². The highest BCUT2D eigenvalue weighted by Gasteiger charge is 2.49. The standard InChI is InChI=1S/C15H26N2O2/c1-16(2)14(18)12-10-6-5-7-11(9-8-10)13(12)15(19)17(3)4/h10-13H,5-9H2,1-4H3/t10-,11+,12+,13-. The van der Waals surface area contributed by atoms with Crippen LogP contribution in [0.1, 0.15) is 32.1 Å². The van der Waals surface area contributed by atoms with Crippen molar-refractivity contribution in [3.05, 3.63) is 0 Å². The van der Waals surface area contributed by atoms with E-state index < -0.39 is 0 Å². The van der Waals surface area contributed by atoms with Gasteiger partial charge in [-0.15, -0.1) is 0 Å². The highest BCUT2D eigenvalue weighted by atomic mass is 16.2. The summed E-state index contributed by atoms with van der Waals surface area (Å²) in [4.78, 5) is 28.4. The summed E-state index contributed by atoms with van der Waals surface area (Å²) in [5.41, 5.74) is 0. The van der Waals surface area contributed by atoms with Gasteiger partial charge in [-0.1, -0.05) is 6.42 Å². The Morgan fingerprint density at radius 1 is 0.737 bits per heavy atom. The maximum Gasteiger partial charge on any atom is 0.226 e. The Hall–Kier alpha value is -1.06. The van der Waals surface area contributed by atoms with Crippen molar-refractivity contribution < 1.29 is 9.59 Å². The molecule has 0 unspecified atom stereocenters. The number of carbonyl (C=O) groups excluding carboxylic acids is 2. The van der Waals surface area contributed by atoms with E-state index in [0.29, 0.717) is 11.8 Å². The molecule has 0 aromatic carbocycles. The Morgan fingerprint density at radius 2 is 1.11 bits per heavy atom. The van der Waals surface area contributed by atoms with Crippen molar-refractivity contribution in [2.75, 3.05) is 28.2 Å². The van der Waals surface area contributed by atoms with Crippen LogP contribution < -0.4 is 0 Å². The van der Waals surface area contributed by atoms with E-state index in [0.717, 1.165) is 25.7 Å². The second-order valence-corrected chi connectivity index (χ2v) is 6.55. The number of nitrogens with zero attached hydrogens (tertiary/aromatic N) is 2. The van der Waals surface area contributed by atoms with Gasteiger partial charge in [-0.05, 0) is 37.5 Å². The van der Waals surface area contributed by atoms with E-state index in [2.05, 4.69) is 0 Å². The van der Waals surface area contributed by atoms with Gasteiger partial charge in [0.05, 0.1) is 11.8 Å². The van der Waals surface area contributed by atoms with Gasteiger partial charge in [0.1, 0.15) is 0 Å². The monoisotopic (exact) mass is 266 g/mol. The first-order valence-electron chi connectivity index (χ1n) is 7.35. The third-order valence-corrected chi connectivity index (χ3v) is 4.91. The zero-order chi connectivity index (χ0) is 14.2. The van der Waals surface area contributed by atoms with Gasteiger partial charge < -0.3 is 9.80 Å². The number of hydrogen-bond donors (Lipinski definition) is 0. The summed E-state index contributed by atoms with van der Waals surface area (Å²) in [5, 5.41) is 0. The summed E-state index contributed by atoms with van der Waals surface area (Å²) in [6, 6.07) is 0. The van der Waals surface area contributed by atoms with Crippen LogP contribution in [0, 0.1) is 23.7 Å². The number of hydrogen-bond acceptors (Lipinski definition) is 2. The molecule has 19 heavy (non-hydrogen) atoms. The third kappa shape index (κ3) is 2.63. The van der Waals surface area contributed by atoms with Crippen molar-refractivity contribution in [2.45, 2.75) is 32.1 Å². The van der Waals surface area contributed by atoms with Crippen LogP contribution in [-0.4, -0.2) is 49.8 Å². The summed E-state index contributed by atoms with van der Waals surface area (Å²) in [5.74, 6) is 0.927. The zero-order valence-corrected chi connectivity index (χ0v) is 12.6. The second-order valence-electron chi connectivity index (χ2n) is 6.55. The van der Waals surface area contributed by atoms with E-state index in [9.17, 15) is 9.59 Å². The quantitative estimate of drug-likeness (QED) is 0.762. The summed E-state index contributed by atoms with van der Waals surface area (Å²) in [7, 11) is 7.21. The average Bonchev–Trinajstić information content (AvgIpc) is 2.69. The number of carbonyl (C=O) groups is 2. The van der Waals surface area contributed by atoms with Crippen molar-refractivity contribution in [3.8, 4) is 0 Å². The molecule has 0 aromatic heterocycles. The van der Waals surface area contributed by atoms with E-state index >= 15 is 0 Å². The van der Waals surface area contributed by atoms with Gasteiger partial charge >= 0.3 is 0 Å². The molecule has 3 rings (SSSR count). The van der Waals surface area contributed by atoms with Crippen LogP contribution in [0.5, 0.6) is 0 Å². The van der Waals surface area contributed by atoms with E-state index in [1.807, 2.05) is 0 Å². The van der Waals surface area contributed by atoms with Gasteiger partial charge in [-0.3, -0.25) is 9.59 Å². The lowest BCUT2D eigenvalue weighted by Crippen LogP contribution is -2.49. The molecule has 4 atom stereocenters. The Morgan fingerprint density at radius 3 is 1.42 bits per heavy atom. The molecule has 0 saturated heterocycles. The maximum absolute atomic E-state index is 12.5. The lowest BCUT2D eigenvalue weighted by atomic mass is 9.66. The molecule has 0 spiro atoms. The molecule has 0 radical (unpaired) electrons. The van der Waals surface area contributed by atoms with Gasteiger partial charge in [0.15, 0.2) is 0 Å². The molecule has 0 aromatic rings. The van der Waals surface area contributed by atoms with Gasteiger partial charge in [0.2, 0.25) is 11.8 Å². The van der Waals surface area contributed by atoms with Crippen molar-refractivity contribution in [1.82, 2.24) is 9.80 Å². The molecular weight excluding hydrogens is 240 g/mol. The number of amides is 2. The molecule has 3 saturated carbocycles. The largest absolute Gasteiger partial charge is 0.349 e. The first kappa shape index (κ1) is 14.4. The molecule has 3 fully saturated rings. The fourth-order valence-electron chi connectivity index (χ4n) is 3.97. The first-order chi connectivity index (χ1) is 8.93. The van der Waals surface area contributed by atoms with Crippen LogP contribution in [0.2, 0.25) is 0 Å². The van der Waals surface area contributed by atoms with Gasteiger partial charge in [0.25, 0.3) is 0 Å². The molecule has 108 valence electrons. The fraction of sp³-hybridized carbons (Fsp3) is 0.867. The van der Waals surface area contributed by atoms with Crippen LogP contribution in [0.4, 0.5) is 0 Å². The summed E-state index contributed by atoms with van der Waals surface area (Å²) in [6.45, 7) is 0. The van der Waals surface area contributed by atoms with Gasteiger partial charge in [0, 0.05) is 28.2 Å². The zero-order valence-electron chi connectivity index (χ0n) is 12.6. The molecule has 3 aliphatic rings. The van der Waals surface area contributed by atoms with E-state index in [1.54, 1.807) is 38.0 Å². The number of fused-ring (bicyclic) bond motifs is 4. The summed E-state index contributed by atoms with van der Waals surface area (Å²) < 4.78 is 0. The summed E-state index contributed by atoms with van der Waals surface area (Å²) >= 11 is 0.